The fourth-order valence-electron chi connectivity index (χ4n) is 2.53. The first-order chi connectivity index (χ1) is 9.91. The van der Waals surface area contributed by atoms with E-state index in [1.165, 1.54) is 18.6 Å². The van der Waals surface area contributed by atoms with Crippen LogP contribution in [0.4, 0.5) is 10.1 Å². The van der Waals surface area contributed by atoms with Gasteiger partial charge in [-0.3, -0.25) is 9.48 Å². The van der Waals surface area contributed by atoms with Crippen molar-refractivity contribution in [1.82, 2.24) is 9.78 Å². The molecule has 5 heteroatoms. The molecule has 0 saturated carbocycles. The highest BCUT2D eigenvalue weighted by Crippen LogP contribution is 2.20. The van der Waals surface area contributed by atoms with E-state index < -0.39 is 5.82 Å². The normalized spacial score (nSPS) is 10.7. The number of ketones is 1. The lowest BCUT2D eigenvalue weighted by atomic mass is 10.1. The number of halogens is 1. The van der Waals surface area contributed by atoms with Gasteiger partial charge in [0.2, 0.25) is 0 Å². The molecular formula is C16H20FN3O. The number of nitrogens with zero attached hydrogens (tertiary/aromatic N) is 2. The summed E-state index contributed by atoms with van der Waals surface area (Å²) in [4.78, 5) is 11.5. The molecule has 0 aliphatic rings. The highest BCUT2D eigenvalue weighted by Gasteiger charge is 2.13. The third kappa shape index (κ3) is 3.12. The number of carbonyl (C=O) groups is 1. The van der Waals surface area contributed by atoms with Crippen LogP contribution in [-0.4, -0.2) is 22.1 Å². The molecule has 0 amide bonds. The minimum atomic E-state index is -0.485. The predicted molar refractivity (Wildman–Crippen MR) is 81.3 cm³/mol. The van der Waals surface area contributed by atoms with Crippen molar-refractivity contribution in [2.75, 3.05) is 11.9 Å². The van der Waals surface area contributed by atoms with E-state index >= 15 is 0 Å². The zero-order valence-electron chi connectivity index (χ0n) is 12.8. The van der Waals surface area contributed by atoms with Crippen LogP contribution in [-0.2, 0) is 13.5 Å². The van der Waals surface area contributed by atoms with Crippen LogP contribution in [0.15, 0.2) is 18.2 Å². The van der Waals surface area contributed by atoms with Gasteiger partial charge in [0.05, 0.1) is 11.3 Å². The maximum atomic E-state index is 13.7. The van der Waals surface area contributed by atoms with Crippen molar-refractivity contribution >= 4 is 11.5 Å². The van der Waals surface area contributed by atoms with Crippen molar-refractivity contribution in [2.24, 2.45) is 7.05 Å². The van der Waals surface area contributed by atoms with E-state index in [9.17, 15) is 9.18 Å². The Hall–Kier alpha value is -2.17. The van der Waals surface area contributed by atoms with Gasteiger partial charge in [-0.05, 0) is 44.9 Å². The minimum absolute atomic E-state index is 0.122. The van der Waals surface area contributed by atoms with E-state index in [1.807, 2.05) is 25.6 Å². The van der Waals surface area contributed by atoms with Gasteiger partial charge in [0.15, 0.2) is 5.78 Å². The largest absolute Gasteiger partial charge is 0.384 e. The van der Waals surface area contributed by atoms with E-state index in [2.05, 4.69) is 10.4 Å². The van der Waals surface area contributed by atoms with Crippen LogP contribution in [0.3, 0.4) is 0 Å². The lowest BCUT2D eigenvalue weighted by molar-refractivity contribution is 0.101. The van der Waals surface area contributed by atoms with Gasteiger partial charge in [0.1, 0.15) is 5.82 Å². The Morgan fingerprint density at radius 2 is 2.10 bits per heavy atom. The van der Waals surface area contributed by atoms with Crippen LogP contribution >= 0.6 is 0 Å². The second-order valence-corrected chi connectivity index (χ2v) is 5.17. The SMILES string of the molecule is CC(=O)c1c(F)cccc1NCCc1c(C)nn(C)c1C. The topological polar surface area (TPSA) is 46.9 Å². The Morgan fingerprint density at radius 3 is 2.67 bits per heavy atom. The van der Waals surface area contributed by atoms with E-state index in [0.29, 0.717) is 12.2 Å². The molecule has 2 rings (SSSR count). The first-order valence-electron chi connectivity index (χ1n) is 6.94. The van der Waals surface area contributed by atoms with Crippen molar-refractivity contribution in [3.63, 3.8) is 0 Å². The summed E-state index contributed by atoms with van der Waals surface area (Å²) in [7, 11) is 1.92. The molecule has 1 N–H and O–H groups in total. The van der Waals surface area contributed by atoms with Gasteiger partial charge in [0.25, 0.3) is 0 Å². The van der Waals surface area contributed by atoms with Crippen LogP contribution in [0, 0.1) is 19.7 Å². The molecule has 1 aromatic carbocycles. The molecule has 0 bridgehead atoms. The fraction of sp³-hybridized carbons (Fsp3) is 0.375. The number of aromatic nitrogens is 2. The molecule has 4 nitrogen and oxygen atoms in total. The van der Waals surface area contributed by atoms with E-state index in [4.69, 9.17) is 0 Å². The quantitative estimate of drug-likeness (QED) is 0.861. The maximum absolute atomic E-state index is 13.7. The van der Waals surface area contributed by atoms with Gasteiger partial charge >= 0.3 is 0 Å². The Morgan fingerprint density at radius 1 is 1.38 bits per heavy atom. The minimum Gasteiger partial charge on any atom is -0.384 e. The molecule has 0 saturated heterocycles. The standard InChI is InChI=1S/C16H20FN3O/c1-10-13(11(2)20(4)19-10)8-9-18-15-7-5-6-14(17)16(15)12(3)21/h5-7,18H,8-9H2,1-4H3. The van der Waals surface area contributed by atoms with Crippen LogP contribution in [0.1, 0.15) is 34.2 Å². The average Bonchev–Trinajstić information content (AvgIpc) is 2.64. The Kier molecular flexibility index (Phi) is 4.40. The number of aryl methyl sites for hydroxylation is 2. The van der Waals surface area contributed by atoms with Crippen LogP contribution in [0.5, 0.6) is 0 Å². The molecule has 2 aromatic rings. The zero-order chi connectivity index (χ0) is 15.6. The summed E-state index contributed by atoms with van der Waals surface area (Å²) in [6.07, 6.45) is 0.777. The third-order valence-electron chi connectivity index (χ3n) is 3.72. The van der Waals surface area contributed by atoms with Gasteiger partial charge in [-0.2, -0.15) is 5.10 Å². The number of anilines is 1. The lowest BCUT2D eigenvalue weighted by Gasteiger charge is -2.11. The van der Waals surface area contributed by atoms with E-state index in [-0.39, 0.29) is 11.3 Å². The number of benzene rings is 1. The summed E-state index contributed by atoms with van der Waals surface area (Å²) in [5.41, 5.74) is 3.98. The molecule has 0 atom stereocenters. The molecule has 0 unspecified atom stereocenters. The molecule has 0 radical (unpaired) electrons. The van der Waals surface area contributed by atoms with Crippen LogP contribution in [0.2, 0.25) is 0 Å². The molecule has 0 spiro atoms. The predicted octanol–water partition coefficient (Wildman–Crippen LogP) is 3.03. The number of nitrogens with one attached hydrogen (secondary N) is 1. The van der Waals surface area contributed by atoms with Crippen molar-refractivity contribution < 1.29 is 9.18 Å². The van der Waals surface area contributed by atoms with Crippen molar-refractivity contribution in [3.05, 3.63) is 46.5 Å². The lowest BCUT2D eigenvalue weighted by Crippen LogP contribution is -2.10. The first-order valence-corrected chi connectivity index (χ1v) is 6.94. The number of hydrogen-bond donors (Lipinski definition) is 1. The van der Waals surface area contributed by atoms with Gasteiger partial charge in [-0.1, -0.05) is 6.07 Å². The van der Waals surface area contributed by atoms with E-state index in [0.717, 1.165) is 17.8 Å². The second-order valence-electron chi connectivity index (χ2n) is 5.17. The van der Waals surface area contributed by atoms with Crippen molar-refractivity contribution in [3.8, 4) is 0 Å². The fourth-order valence-corrected chi connectivity index (χ4v) is 2.53. The third-order valence-corrected chi connectivity index (χ3v) is 3.72. The second kappa shape index (κ2) is 6.08. The Balaban J connectivity index is 2.11. The highest BCUT2D eigenvalue weighted by atomic mass is 19.1. The number of hydrogen-bond acceptors (Lipinski definition) is 3. The first kappa shape index (κ1) is 15.2. The molecule has 1 heterocycles. The van der Waals surface area contributed by atoms with Gasteiger partial charge in [-0.25, -0.2) is 4.39 Å². The molecule has 0 aliphatic heterocycles. The van der Waals surface area contributed by atoms with Gasteiger partial charge < -0.3 is 5.32 Å². The average molecular weight is 289 g/mol. The summed E-state index contributed by atoms with van der Waals surface area (Å²) >= 11 is 0. The Bertz CT molecular complexity index is 676. The van der Waals surface area contributed by atoms with Gasteiger partial charge in [0, 0.05) is 25.0 Å². The molecule has 21 heavy (non-hydrogen) atoms. The van der Waals surface area contributed by atoms with E-state index in [1.54, 1.807) is 12.1 Å². The van der Waals surface area contributed by atoms with Crippen LogP contribution in [0.25, 0.3) is 0 Å². The summed E-state index contributed by atoms with van der Waals surface area (Å²) < 4.78 is 15.6. The molecular weight excluding hydrogens is 269 g/mol. The monoisotopic (exact) mass is 289 g/mol. The highest BCUT2D eigenvalue weighted by molar-refractivity contribution is 5.99. The summed E-state index contributed by atoms with van der Waals surface area (Å²) in [6.45, 7) is 6.00. The molecule has 0 aliphatic carbocycles. The number of rotatable bonds is 5. The summed E-state index contributed by atoms with van der Waals surface area (Å²) in [5, 5.41) is 7.52. The van der Waals surface area contributed by atoms with Crippen molar-refractivity contribution in [1.29, 1.82) is 0 Å². The van der Waals surface area contributed by atoms with Crippen molar-refractivity contribution in [2.45, 2.75) is 27.2 Å². The molecule has 1 aromatic heterocycles. The number of carbonyl (C=O) groups excluding carboxylic acids is 1. The molecule has 0 fully saturated rings. The zero-order valence-corrected chi connectivity index (χ0v) is 12.8. The maximum Gasteiger partial charge on any atom is 0.164 e. The number of Topliss-reactive ketones (excluding diaryl/α,β-unsaturated/α-hetero) is 1. The van der Waals surface area contributed by atoms with Gasteiger partial charge in [-0.15, -0.1) is 0 Å². The van der Waals surface area contributed by atoms with Crippen LogP contribution < -0.4 is 5.32 Å². The smallest absolute Gasteiger partial charge is 0.164 e. The summed E-state index contributed by atoms with van der Waals surface area (Å²) in [6, 6.07) is 4.63. The molecule has 112 valence electrons. The Labute approximate surface area is 124 Å². The summed E-state index contributed by atoms with van der Waals surface area (Å²) in [5.74, 6) is -0.759.